The molecular weight excluding hydrogens is 281 g/mol. The molecule has 0 aliphatic rings. The second kappa shape index (κ2) is 6.82. The Labute approximate surface area is 119 Å². The number of ether oxygens (including phenoxy) is 1. The first kappa shape index (κ1) is 14.9. The van der Waals surface area contributed by atoms with Crippen molar-refractivity contribution in [2.75, 3.05) is 6.61 Å². The Morgan fingerprint density at radius 1 is 1.00 bits per heavy atom. The molecule has 0 aromatic heterocycles. The minimum Gasteiger partial charge on any atom is -0.488 e. The molecule has 2 rings (SSSR count). The van der Waals surface area contributed by atoms with E-state index in [2.05, 4.69) is 11.8 Å². The van der Waals surface area contributed by atoms with E-state index in [1.165, 1.54) is 24.3 Å². The molecule has 108 valence electrons. The van der Waals surface area contributed by atoms with Crippen molar-refractivity contribution in [3.8, 4) is 17.6 Å². The van der Waals surface area contributed by atoms with Gasteiger partial charge in [0.05, 0.1) is 5.56 Å². The Balaban J connectivity index is 2.17. The van der Waals surface area contributed by atoms with Gasteiger partial charge in [0.2, 0.25) is 0 Å². The molecule has 0 aliphatic carbocycles. The molecule has 2 aromatic carbocycles. The third-order valence-corrected chi connectivity index (χ3v) is 2.62. The smallest absolute Gasteiger partial charge is 0.159 e. The number of hydrogen-bond acceptors (Lipinski definition) is 2. The fourth-order valence-electron chi connectivity index (χ4n) is 1.65. The molecule has 0 saturated heterocycles. The van der Waals surface area contributed by atoms with Crippen molar-refractivity contribution in [1.29, 1.82) is 0 Å². The molecule has 0 bridgehead atoms. The summed E-state index contributed by atoms with van der Waals surface area (Å²) in [5.74, 6) is 2.87. The van der Waals surface area contributed by atoms with Crippen LogP contribution in [0.3, 0.4) is 0 Å². The Morgan fingerprint density at radius 3 is 2.52 bits per heavy atom. The van der Waals surface area contributed by atoms with Crippen LogP contribution in [0.4, 0.5) is 13.2 Å². The molecule has 0 saturated carbocycles. The topological polar surface area (TPSA) is 29.5 Å². The summed E-state index contributed by atoms with van der Waals surface area (Å²) >= 11 is 0. The summed E-state index contributed by atoms with van der Waals surface area (Å²) in [5, 5.41) is 8.67. The highest BCUT2D eigenvalue weighted by Crippen LogP contribution is 2.20. The minimum atomic E-state index is -0.962. The second-order valence-electron chi connectivity index (χ2n) is 4.14. The average molecular weight is 292 g/mol. The largest absolute Gasteiger partial charge is 0.488 e. The van der Waals surface area contributed by atoms with E-state index in [9.17, 15) is 13.2 Å². The van der Waals surface area contributed by atoms with Crippen LogP contribution in [0, 0.1) is 29.3 Å². The maximum Gasteiger partial charge on any atom is 0.159 e. The van der Waals surface area contributed by atoms with Gasteiger partial charge < -0.3 is 9.84 Å². The molecule has 0 amide bonds. The lowest BCUT2D eigenvalue weighted by Gasteiger charge is -2.09. The standard InChI is InChI=1S/C16H11F3O2/c17-13-4-6-16(12(9-13)2-1-7-20)21-10-11-3-5-14(18)15(19)8-11/h3-6,8-9,20H,7,10H2. The van der Waals surface area contributed by atoms with Crippen molar-refractivity contribution in [3.05, 3.63) is 65.0 Å². The van der Waals surface area contributed by atoms with Gasteiger partial charge in [0.1, 0.15) is 24.8 Å². The van der Waals surface area contributed by atoms with Crippen LogP contribution in [0.25, 0.3) is 0 Å². The molecule has 0 radical (unpaired) electrons. The number of rotatable bonds is 3. The Kier molecular flexibility index (Phi) is 4.85. The summed E-state index contributed by atoms with van der Waals surface area (Å²) in [6.45, 7) is -0.379. The fraction of sp³-hybridized carbons (Fsp3) is 0.125. The van der Waals surface area contributed by atoms with Crippen molar-refractivity contribution < 1.29 is 23.0 Å². The van der Waals surface area contributed by atoms with E-state index < -0.39 is 17.5 Å². The van der Waals surface area contributed by atoms with Crippen molar-refractivity contribution in [1.82, 2.24) is 0 Å². The highest BCUT2D eigenvalue weighted by Gasteiger charge is 2.06. The molecule has 0 atom stereocenters. The molecule has 0 aliphatic heterocycles. The van der Waals surface area contributed by atoms with Crippen LogP contribution in [-0.2, 0) is 6.61 Å². The maximum absolute atomic E-state index is 13.2. The zero-order chi connectivity index (χ0) is 15.2. The maximum atomic E-state index is 13.2. The Morgan fingerprint density at radius 2 is 1.81 bits per heavy atom. The molecule has 5 heteroatoms. The van der Waals surface area contributed by atoms with E-state index >= 15 is 0 Å². The molecule has 21 heavy (non-hydrogen) atoms. The van der Waals surface area contributed by atoms with Gasteiger partial charge in [-0.25, -0.2) is 13.2 Å². The monoisotopic (exact) mass is 292 g/mol. The number of aliphatic hydroxyl groups excluding tert-OH is 1. The number of hydrogen-bond donors (Lipinski definition) is 1. The summed E-state index contributed by atoms with van der Waals surface area (Å²) in [7, 11) is 0. The first-order valence-corrected chi connectivity index (χ1v) is 6.06. The van der Waals surface area contributed by atoms with Gasteiger partial charge in [-0.3, -0.25) is 0 Å². The summed E-state index contributed by atoms with van der Waals surface area (Å²) in [6.07, 6.45) is 0. The van der Waals surface area contributed by atoms with Crippen LogP contribution >= 0.6 is 0 Å². The van der Waals surface area contributed by atoms with Gasteiger partial charge in [0, 0.05) is 0 Å². The average Bonchev–Trinajstić information content (AvgIpc) is 2.47. The van der Waals surface area contributed by atoms with Gasteiger partial charge in [0.15, 0.2) is 11.6 Å². The quantitative estimate of drug-likeness (QED) is 0.881. The van der Waals surface area contributed by atoms with Crippen molar-refractivity contribution >= 4 is 0 Å². The van der Waals surface area contributed by atoms with Crippen LogP contribution in [0.5, 0.6) is 5.75 Å². The normalized spacial score (nSPS) is 9.90. The Hall–Kier alpha value is -2.45. The molecule has 0 heterocycles. The van der Waals surface area contributed by atoms with Gasteiger partial charge >= 0.3 is 0 Å². The van der Waals surface area contributed by atoms with Crippen LogP contribution in [0.1, 0.15) is 11.1 Å². The third kappa shape index (κ3) is 4.01. The SMILES string of the molecule is OCC#Cc1cc(F)ccc1OCc1ccc(F)c(F)c1. The highest BCUT2D eigenvalue weighted by molar-refractivity contribution is 5.46. The summed E-state index contributed by atoms with van der Waals surface area (Å²) in [4.78, 5) is 0. The van der Waals surface area contributed by atoms with Gasteiger partial charge in [-0.05, 0) is 35.9 Å². The van der Waals surface area contributed by atoms with E-state index in [4.69, 9.17) is 9.84 Å². The minimum absolute atomic E-state index is 0.0172. The first-order valence-electron chi connectivity index (χ1n) is 6.06. The number of aliphatic hydroxyl groups is 1. The molecule has 1 N–H and O–H groups in total. The zero-order valence-electron chi connectivity index (χ0n) is 10.9. The van der Waals surface area contributed by atoms with E-state index in [0.717, 1.165) is 12.1 Å². The van der Waals surface area contributed by atoms with Gasteiger partial charge in [-0.15, -0.1) is 0 Å². The molecule has 0 unspecified atom stereocenters. The summed E-state index contributed by atoms with van der Waals surface area (Å²) in [5.41, 5.74) is 0.700. The predicted octanol–water partition coefficient (Wildman–Crippen LogP) is 3.03. The van der Waals surface area contributed by atoms with Crippen LogP contribution < -0.4 is 4.74 Å². The molecule has 2 aromatic rings. The lowest BCUT2D eigenvalue weighted by molar-refractivity contribution is 0.303. The van der Waals surface area contributed by atoms with Crippen molar-refractivity contribution in [2.24, 2.45) is 0 Å². The summed E-state index contributed by atoms with van der Waals surface area (Å²) in [6, 6.07) is 7.18. The molecular formula is C16H11F3O2. The fourth-order valence-corrected chi connectivity index (χ4v) is 1.65. The molecule has 0 fully saturated rings. The second-order valence-corrected chi connectivity index (χ2v) is 4.14. The van der Waals surface area contributed by atoms with E-state index in [-0.39, 0.29) is 18.8 Å². The third-order valence-electron chi connectivity index (χ3n) is 2.62. The van der Waals surface area contributed by atoms with Crippen LogP contribution in [-0.4, -0.2) is 11.7 Å². The predicted molar refractivity (Wildman–Crippen MR) is 71.1 cm³/mol. The highest BCUT2D eigenvalue weighted by atomic mass is 19.2. The van der Waals surface area contributed by atoms with Crippen molar-refractivity contribution in [3.63, 3.8) is 0 Å². The number of benzene rings is 2. The van der Waals surface area contributed by atoms with Crippen LogP contribution in [0.15, 0.2) is 36.4 Å². The van der Waals surface area contributed by atoms with Crippen LogP contribution in [0.2, 0.25) is 0 Å². The molecule has 2 nitrogen and oxygen atoms in total. The van der Waals surface area contributed by atoms with E-state index in [1.54, 1.807) is 0 Å². The first-order chi connectivity index (χ1) is 10.1. The lowest BCUT2D eigenvalue weighted by atomic mass is 10.2. The van der Waals surface area contributed by atoms with Crippen molar-refractivity contribution in [2.45, 2.75) is 6.61 Å². The summed E-state index contributed by atoms with van der Waals surface area (Å²) < 4.78 is 44.5. The zero-order valence-corrected chi connectivity index (χ0v) is 10.9. The molecule has 0 spiro atoms. The van der Waals surface area contributed by atoms with Gasteiger partial charge in [-0.1, -0.05) is 17.9 Å². The van der Waals surface area contributed by atoms with E-state index in [0.29, 0.717) is 11.3 Å². The number of halogens is 3. The van der Waals surface area contributed by atoms with E-state index in [1.807, 2.05) is 0 Å². The van der Waals surface area contributed by atoms with Gasteiger partial charge in [-0.2, -0.15) is 0 Å². The Bertz CT molecular complexity index is 702. The lowest BCUT2D eigenvalue weighted by Crippen LogP contribution is -1.99. The van der Waals surface area contributed by atoms with Gasteiger partial charge in [0.25, 0.3) is 0 Å².